The van der Waals surface area contributed by atoms with E-state index in [9.17, 15) is 13.2 Å². The van der Waals surface area contributed by atoms with Gasteiger partial charge < -0.3 is 9.47 Å². The van der Waals surface area contributed by atoms with Gasteiger partial charge in [-0.15, -0.1) is 11.3 Å². The predicted octanol–water partition coefficient (Wildman–Crippen LogP) is 2.27. The number of hydrogen-bond acceptors (Lipinski definition) is 6. The third-order valence-electron chi connectivity index (χ3n) is 6.18. The van der Waals surface area contributed by atoms with Crippen molar-refractivity contribution in [3.63, 3.8) is 0 Å². The van der Waals surface area contributed by atoms with Crippen molar-refractivity contribution in [2.75, 3.05) is 43.4 Å². The molecule has 0 aliphatic carbocycles. The molecule has 0 radical (unpaired) electrons. The molecule has 3 aliphatic heterocycles. The molecule has 1 unspecified atom stereocenters. The lowest BCUT2D eigenvalue weighted by Gasteiger charge is -2.37. The maximum absolute atomic E-state index is 13.6. The van der Waals surface area contributed by atoms with Gasteiger partial charge in [-0.25, -0.2) is 8.42 Å². The normalized spacial score (nSPS) is 24.6. The molecule has 1 amide bonds. The van der Waals surface area contributed by atoms with Gasteiger partial charge in [-0.05, 0) is 36.3 Å². The zero-order chi connectivity index (χ0) is 20.0. The number of sulfone groups is 1. The van der Waals surface area contributed by atoms with E-state index in [1.165, 1.54) is 10.4 Å². The molecule has 2 aromatic heterocycles. The summed E-state index contributed by atoms with van der Waals surface area (Å²) in [6.45, 7) is 2.85. The molecular formula is C20H25N3O3S3. The molecule has 6 nitrogen and oxygen atoms in total. The van der Waals surface area contributed by atoms with Crippen molar-refractivity contribution >= 4 is 38.8 Å². The smallest absolute Gasteiger partial charge is 0.257 e. The molecule has 5 heterocycles. The average molecular weight is 452 g/mol. The van der Waals surface area contributed by atoms with Gasteiger partial charge in [-0.3, -0.25) is 9.69 Å². The van der Waals surface area contributed by atoms with Crippen molar-refractivity contribution in [2.45, 2.75) is 24.6 Å². The molecule has 0 spiro atoms. The highest BCUT2D eigenvalue weighted by atomic mass is 32.2. The van der Waals surface area contributed by atoms with Gasteiger partial charge in [-0.2, -0.15) is 11.8 Å². The van der Waals surface area contributed by atoms with E-state index in [4.69, 9.17) is 0 Å². The highest BCUT2D eigenvalue weighted by Crippen LogP contribution is 2.39. The lowest BCUT2D eigenvalue weighted by Crippen LogP contribution is -2.52. The SMILES string of the molecule is O=C(c1c(-n2cccc2)sc2c1CCSC2)N1CCN(C2CCS(=O)(=O)C2)CC1. The summed E-state index contributed by atoms with van der Waals surface area (Å²) in [5.41, 5.74) is 2.13. The minimum atomic E-state index is -2.88. The van der Waals surface area contributed by atoms with Crippen LogP contribution in [0.3, 0.4) is 0 Å². The van der Waals surface area contributed by atoms with Gasteiger partial charge in [0, 0.05) is 55.2 Å². The first-order valence-corrected chi connectivity index (χ1v) is 13.9. The van der Waals surface area contributed by atoms with Crippen LogP contribution in [0.5, 0.6) is 0 Å². The highest BCUT2D eigenvalue weighted by Gasteiger charge is 2.36. The first kappa shape index (κ1) is 19.7. The number of fused-ring (bicyclic) bond motifs is 1. The number of thiophene rings is 1. The number of amides is 1. The predicted molar refractivity (Wildman–Crippen MR) is 118 cm³/mol. The third kappa shape index (κ3) is 3.78. The molecule has 2 aromatic rings. The first-order valence-electron chi connectivity index (χ1n) is 10.1. The van der Waals surface area contributed by atoms with Crippen LogP contribution in [0.1, 0.15) is 27.2 Å². The average Bonchev–Trinajstić information content (AvgIpc) is 3.45. The molecule has 9 heteroatoms. The van der Waals surface area contributed by atoms with E-state index in [2.05, 4.69) is 9.47 Å². The number of carbonyl (C=O) groups excluding carboxylic acids is 1. The molecule has 0 bridgehead atoms. The van der Waals surface area contributed by atoms with E-state index < -0.39 is 9.84 Å². The molecule has 2 fully saturated rings. The van der Waals surface area contributed by atoms with Crippen LogP contribution < -0.4 is 0 Å². The fourth-order valence-corrected chi connectivity index (χ4v) is 8.80. The van der Waals surface area contributed by atoms with Gasteiger partial charge in [0.1, 0.15) is 5.00 Å². The molecule has 0 aromatic carbocycles. The number of thioether (sulfide) groups is 1. The number of piperazine rings is 1. The summed E-state index contributed by atoms with van der Waals surface area (Å²) >= 11 is 3.69. The molecule has 3 aliphatic rings. The van der Waals surface area contributed by atoms with Crippen LogP contribution in [0.25, 0.3) is 5.00 Å². The van der Waals surface area contributed by atoms with Crippen LogP contribution in [0, 0.1) is 0 Å². The zero-order valence-corrected chi connectivity index (χ0v) is 18.7. The Kier molecular flexibility index (Phi) is 5.26. The van der Waals surface area contributed by atoms with E-state index in [-0.39, 0.29) is 17.7 Å². The van der Waals surface area contributed by atoms with Gasteiger partial charge in [-0.1, -0.05) is 0 Å². The van der Waals surface area contributed by atoms with E-state index in [1.807, 2.05) is 41.2 Å². The van der Waals surface area contributed by atoms with Crippen molar-refractivity contribution in [1.29, 1.82) is 0 Å². The van der Waals surface area contributed by atoms with Gasteiger partial charge >= 0.3 is 0 Å². The third-order valence-corrected chi connectivity index (χ3v) is 10.3. The number of carbonyl (C=O) groups is 1. The molecule has 0 N–H and O–H groups in total. The van der Waals surface area contributed by atoms with Crippen molar-refractivity contribution < 1.29 is 13.2 Å². The van der Waals surface area contributed by atoms with E-state index in [0.717, 1.165) is 48.0 Å². The van der Waals surface area contributed by atoms with Crippen LogP contribution >= 0.6 is 23.1 Å². The number of nitrogens with zero attached hydrogens (tertiary/aromatic N) is 3. The minimum absolute atomic E-state index is 0.124. The standard InChI is InChI=1S/C20H25N3O3S3/c24-19(22-9-7-21(8-10-22)15-4-12-29(25,26)14-15)18-16-3-11-27-13-17(16)28-20(18)23-5-1-2-6-23/h1-2,5-6,15H,3-4,7-14H2. The minimum Gasteiger partial charge on any atom is -0.336 e. The molecule has 156 valence electrons. The second-order valence-corrected chi connectivity index (χ2v) is 12.4. The summed E-state index contributed by atoms with van der Waals surface area (Å²) in [7, 11) is -2.88. The number of hydrogen-bond donors (Lipinski definition) is 0. The molecule has 2 saturated heterocycles. The zero-order valence-electron chi connectivity index (χ0n) is 16.2. The Labute approximate surface area is 179 Å². The summed E-state index contributed by atoms with van der Waals surface area (Å²) in [6.07, 6.45) is 5.71. The van der Waals surface area contributed by atoms with E-state index in [0.29, 0.717) is 18.8 Å². The van der Waals surface area contributed by atoms with Crippen LogP contribution in [0.2, 0.25) is 0 Å². The van der Waals surface area contributed by atoms with Crippen LogP contribution in [0.15, 0.2) is 24.5 Å². The van der Waals surface area contributed by atoms with Crippen molar-refractivity contribution in [1.82, 2.24) is 14.4 Å². The van der Waals surface area contributed by atoms with Crippen molar-refractivity contribution in [3.8, 4) is 5.00 Å². The van der Waals surface area contributed by atoms with Crippen LogP contribution in [-0.4, -0.2) is 78.2 Å². The van der Waals surface area contributed by atoms with E-state index >= 15 is 0 Å². The molecule has 0 saturated carbocycles. The maximum atomic E-state index is 13.6. The monoisotopic (exact) mass is 451 g/mol. The summed E-state index contributed by atoms with van der Waals surface area (Å²) in [5, 5.41) is 1.04. The summed E-state index contributed by atoms with van der Waals surface area (Å²) in [5.74, 6) is 2.77. The Balaban J connectivity index is 1.36. The largest absolute Gasteiger partial charge is 0.336 e. The lowest BCUT2D eigenvalue weighted by molar-refractivity contribution is 0.0587. The maximum Gasteiger partial charge on any atom is 0.257 e. The Hall–Kier alpha value is -1.29. The Morgan fingerprint density at radius 2 is 1.86 bits per heavy atom. The second-order valence-electron chi connectivity index (χ2n) is 7.96. The van der Waals surface area contributed by atoms with Crippen LogP contribution in [0.4, 0.5) is 0 Å². The van der Waals surface area contributed by atoms with E-state index in [1.54, 1.807) is 11.3 Å². The fraction of sp³-hybridized carbons (Fsp3) is 0.550. The fourth-order valence-electron chi connectivity index (χ4n) is 4.60. The van der Waals surface area contributed by atoms with Crippen LogP contribution in [-0.2, 0) is 22.0 Å². The number of rotatable bonds is 3. The molecule has 29 heavy (non-hydrogen) atoms. The number of aromatic nitrogens is 1. The quantitative estimate of drug-likeness (QED) is 0.717. The topological polar surface area (TPSA) is 62.6 Å². The van der Waals surface area contributed by atoms with Gasteiger partial charge in [0.25, 0.3) is 5.91 Å². The summed E-state index contributed by atoms with van der Waals surface area (Å²) < 4.78 is 25.7. The Bertz CT molecular complexity index is 1010. The Morgan fingerprint density at radius 1 is 1.10 bits per heavy atom. The summed E-state index contributed by atoms with van der Waals surface area (Å²) in [6, 6.07) is 4.12. The van der Waals surface area contributed by atoms with Gasteiger partial charge in [0.15, 0.2) is 9.84 Å². The van der Waals surface area contributed by atoms with Crippen molar-refractivity contribution in [2.24, 2.45) is 0 Å². The van der Waals surface area contributed by atoms with Crippen molar-refractivity contribution in [3.05, 3.63) is 40.5 Å². The highest BCUT2D eigenvalue weighted by molar-refractivity contribution is 7.98. The lowest BCUT2D eigenvalue weighted by atomic mass is 10.1. The second kappa shape index (κ2) is 7.76. The summed E-state index contributed by atoms with van der Waals surface area (Å²) in [4.78, 5) is 19.1. The molecule has 5 rings (SSSR count). The van der Waals surface area contributed by atoms with Gasteiger partial charge in [0.05, 0.1) is 17.1 Å². The molecule has 1 atom stereocenters. The van der Waals surface area contributed by atoms with Gasteiger partial charge in [0.2, 0.25) is 0 Å². The first-order chi connectivity index (χ1) is 14.0. The molecular weight excluding hydrogens is 426 g/mol. The Morgan fingerprint density at radius 3 is 2.55 bits per heavy atom.